The molecule has 0 heterocycles. The van der Waals surface area contributed by atoms with Crippen molar-refractivity contribution in [3.63, 3.8) is 0 Å². The van der Waals surface area contributed by atoms with E-state index in [0.29, 0.717) is 9.13 Å². The number of benzene rings is 1. The number of hydrogen-bond acceptors (Lipinski definition) is 10. The number of Topliss-reactive ketones (excluding diaryl/α,β-unsaturated/α-hetero) is 2. The van der Waals surface area contributed by atoms with E-state index in [1.54, 1.807) is 14.1 Å². The average molecular weight is 634 g/mol. The van der Waals surface area contributed by atoms with Gasteiger partial charge in [-0.15, -0.1) is 0 Å². The third-order valence-corrected chi connectivity index (χ3v) is 9.33. The summed E-state index contributed by atoms with van der Waals surface area (Å²) in [5.41, 5.74) is 2.69. The van der Waals surface area contributed by atoms with Crippen molar-refractivity contribution in [2.75, 3.05) is 20.4 Å². The minimum absolute atomic E-state index is 0.0123. The second-order valence-electron chi connectivity index (χ2n) is 10.1. The van der Waals surface area contributed by atoms with Gasteiger partial charge >= 0.3 is 0 Å². The number of nitrogens with zero attached hydrogens (tertiary/aromatic N) is 1. The second-order valence-corrected chi connectivity index (χ2v) is 13.4. The molecule has 1 fully saturated rings. The first kappa shape index (κ1) is 27.0. The van der Waals surface area contributed by atoms with Crippen molar-refractivity contribution < 1.29 is 43.2 Å². The maximum atomic E-state index is 13.7. The molecule has 13 heteroatoms. The summed E-state index contributed by atoms with van der Waals surface area (Å²) in [7, 11) is -0.379. The van der Waals surface area contributed by atoms with E-state index in [-0.39, 0.29) is 29.5 Å². The summed E-state index contributed by atoms with van der Waals surface area (Å²) < 4.78 is 24.2. The Morgan fingerprint density at radius 1 is 1.28 bits per heavy atom. The fourth-order valence-electron chi connectivity index (χ4n) is 6.07. The van der Waals surface area contributed by atoms with Crippen LogP contribution in [0, 0.1) is 21.3 Å². The lowest BCUT2D eigenvalue weighted by molar-refractivity contribution is -0.178. The lowest BCUT2D eigenvalue weighted by atomic mass is 9.56. The maximum Gasteiger partial charge on any atom is 0.230 e. The van der Waals surface area contributed by atoms with Gasteiger partial charge in [0.25, 0.3) is 0 Å². The number of aromatic hydroxyl groups is 1. The van der Waals surface area contributed by atoms with Gasteiger partial charge in [-0.25, -0.2) is 8.42 Å². The number of allylic oxidation sites excluding steroid dienone is 1. The molecule has 1 amide bonds. The Morgan fingerprint density at radius 3 is 2.42 bits per heavy atom. The average Bonchev–Trinajstić information content (AvgIpc) is 2.72. The highest BCUT2D eigenvalue weighted by molar-refractivity contribution is 14.1. The van der Waals surface area contributed by atoms with Crippen molar-refractivity contribution in [2.45, 2.75) is 36.3 Å². The number of amides is 1. The molecule has 196 valence electrons. The molecular weight excluding hydrogens is 607 g/mol. The molecule has 3 aliphatic carbocycles. The Labute approximate surface area is 221 Å². The number of phenols is 1. The third kappa shape index (κ3) is 3.86. The minimum atomic E-state index is -3.55. The van der Waals surface area contributed by atoms with E-state index in [1.165, 1.54) is 11.0 Å². The number of aliphatic hydroxyl groups excluding tert-OH is 2. The molecule has 36 heavy (non-hydrogen) atoms. The van der Waals surface area contributed by atoms with Crippen molar-refractivity contribution in [1.29, 1.82) is 0 Å². The molecule has 0 bridgehead atoms. The SMILES string of the molecule is CN(C)[C@@H]1C(O)C(C(N)=O)C(=O)[C@@]2(O)C(O)=C3C(=O)c4c(O)c(CS(C)(=O)=O)cc(I)c4C[C@H]3C[C@@H]12. The van der Waals surface area contributed by atoms with Gasteiger partial charge in [0.2, 0.25) is 5.91 Å². The molecular formula is C23H27IN2O9S. The number of primary amides is 1. The Hall–Kier alpha value is -2.07. The highest BCUT2D eigenvalue weighted by Crippen LogP contribution is 2.53. The summed E-state index contributed by atoms with van der Waals surface area (Å²) in [6.45, 7) is 0. The highest BCUT2D eigenvalue weighted by Gasteiger charge is 2.66. The third-order valence-electron chi connectivity index (χ3n) is 7.54. The molecule has 0 saturated heterocycles. The number of nitrogens with two attached hydrogens (primary N) is 1. The summed E-state index contributed by atoms with van der Waals surface area (Å²) in [6, 6.07) is 0.542. The number of phenolic OH excluding ortho intramolecular Hbond substituents is 1. The molecule has 11 nitrogen and oxygen atoms in total. The summed E-state index contributed by atoms with van der Waals surface area (Å²) in [4.78, 5) is 40.6. The van der Waals surface area contributed by atoms with Crippen LogP contribution in [0.2, 0.25) is 0 Å². The Balaban J connectivity index is 1.94. The van der Waals surface area contributed by atoms with Crippen LogP contribution in [0.25, 0.3) is 0 Å². The number of carbonyl (C=O) groups excluding carboxylic acids is 3. The number of likely N-dealkylation sites (N-methyl/N-ethyl adjacent to an activating group) is 1. The number of sulfone groups is 1. The standard InChI is InChI=1S/C23H27IN2O9S/c1-26(2)16-11-5-8-4-10-12(24)6-9(7-36(3,34)35)17(27)14(10)18(28)13(8)20(30)23(11,33)21(31)15(19(16)29)22(25)32/h6,8,11,15-16,19,27,29-30,33H,4-5,7H2,1-3H3,(H2,25,32)/t8-,11-,15?,16-,19?,23-/m0/s1. The van der Waals surface area contributed by atoms with Crippen LogP contribution in [-0.2, 0) is 31.6 Å². The van der Waals surface area contributed by atoms with Gasteiger partial charge in [-0.1, -0.05) is 0 Å². The molecule has 1 aromatic carbocycles. The van der Waals surface area contributed by atoms with Gasteiger partial charge in [-0.05, 0) is 67.1 Å². The molecule has 1 saturated carbocycles. The Kier molecular flexibility index (Phi) is 6.56. The van der Waals surface area contributed by atoms with E-state index in [9.17, 15) is 43.2 Å². The highest BCUT2D eigenvalue weighted by atomic mass is 127. The number of aliphatic hydroxyl groups is 3. The van der Waals surface area contributed by atoms with E-state index in [0.717, 1.165) is 6.26 Å². The zero-order valence-corrected chi connectivity index (χ0v) is 22.7. The Bertz CT molecular complexity index is 1340. The lowest BCUT2D eigenvalue weighted by Crippen LogP contribution is -2.71. The van der Waals surface area contributed by atoms with Crippen LogP contribution >= 0.6 is 22.6 Å². The predicted octanol–water partition coefficient (Wildman–Crippen LogP) is -0.565. The summed E-state index contributed by atoms with van der Waals surface area (Å²) in [5.74, 6) is -8.76. The predicted molar refractivity (Wildman–Crippen MR) is 135 cm³/mol. The van der Waals surface area contributed by atoms with Gasteiger partial charge in [0.15, 0.2) is 27.0 Å². The minimum Gasteiger partial charge on any atom is -0.508 e. The van der Waals surface area contributed by atoms with Gasteiger partial charge < -0.3 is 31.1 Å². The second kappa shape index (κ2) is 8.75. The smallest absolute Gasteiger partial charge is 0.230 e. The topological polar surface area (TPSA) is 196 Å². The largest absolute Gasteiger partial charge is 0.508 e. The summed E-state index contributed by atoms with van der Waals surface area (Å²) in [5, 5.41) is 44.6. The van der Waals surface area contributed by atoms with Gasteiger partial charge in [0.05, 0.1) is 17.4 Å². The molecule has 6 atom stereocenters. The molecule has 4 rings (SSSR count). The van der Waals surface area contributed by atoms with Crippen LogP contribution in [-0.4, -0.2) is 89.3 Å². The number of hydrogen-bond donors (Lipinski definition) is 5. The summed E-state index contributed by atoms with van der Waals surface area (Å²) in [6.07, 6.45) is -0.387. The van der Waals surface area contributed by atoms with Crippen molar-refractivity contribution >= 4 is 49.9 Å². The molecule has 0 spiro atoms. The molecule has 1 aromatic rings. The zero-order chi connectivity index (χ0) is 27.1. The lowest BCUT2D eigenvalue weighted by Gasteiger charge is -2.53. The van der Waals surface area contributed by atoms with Crippen LogP contribution < -0.4 is 5.73 Å². The van der Waals surface area contributed by atoms with Crippen molar-refractivity contribution in [1.82, 2.24) is 4.90 Å². The molecule has 6 N–H and O–H groups in total. The fourth-order valence-corrected chi connectivity index (χ4v) is 7.72. The monoisotopic (exact) mass is 634 g/mol. The van der Waals surface area contributed by atoms with E-state index in [4.69, 9.17) is 5.73 Å². The van der Waals surface area contributed by atoms with Gasteiger partial charge in [0.1, 0.15) is 17.4 Å². The van der Waals surface area contributed by atoms with Crippen LogP contribution in [0.3, 0.4) is 0 Å². The van der Waals surface area contributed by atoms with E-state index >= 15 is 0 Å². The number of carbonyl (C=O) groups is 3. The van der Waals surface area contributed by atoms with Gasteiger partial charge in [-0.3, -0.25) is 14.4 Å². The molecule has 0 radical (unpaired) electrons. The first-order valence-corrected chi connectivity index (χ1v) is 14.3. The molecule has 2 unspecified atom stereocenters. The van der Waals surface area contributed by atoms with E-state index in [1.807, 2.05) is 22.6 Å². The molecule has 0 aliphatic heterocycles. The number of ketones is 2. The number of halogens is 1. The summed E-state index contributed by atoms with van der Waals surface area (Å²) >= 11 is 1.95. The zero-order valence-electron chi connectivity index (χ0n) is 19.7. The van der Waals surface area contributed by atoms with Gasteiger partial charge in [-0.2, -0.15) is 0 Å². The first-order chi connectivity index (χ1) is 16.5. The molecule has 0 aromatic heterocycles. The van der Waals surface area contributed by atoms with Crippen LogP contribution in [0.5, 0.6) is 5.75 Å². The quantitative estimate of drug-likeness (QED) is 0.212. The van der Waals surface area contributed by atoms with Gasteiger partial charge in [0, 0.05) is 32.9 Å². The normalized spacial score (nSPS) is 32.2. The first-order valence-electron chi connectivity index (χ1n) is 11.1. The fraction of sp³-hybridized carbons (Fsp3) is 0.522. The van der Waals surface area contributed by atoms with E-state index in [2.05, 4.69) is 0 Å². The Morgan fingerprint density at radius 2 is 1.89 bits per heavy atom. The molecule has 3 aliphatic rings. The van der Waals surface area contributed by atoms with Crippen molar-refractivity contribution in [2.24, 2.45) is 23.5 Å². The van der Waals surface area contributed by atoms with Crippen LogP contribution in [0.4, 0.5) is 0 Å². The number of rotatable bonds is 4. The van der Waals surface area contributed by atoms with Crippen molar-refractivity contribution in [3.8, 4) is 5.75 Å². The van der Waals surface area contributed by atoms with Crippen LogP contribution in [0.15, 0.2) is 17.4 Å². The maximum absolute atomic E-state index is 13.7. The van der Waals surface area contributed by atoms with Crippen molar-refractivity contribution in [3.05, 3.63) is 37.7 Å². The van der Waals surface area contributed by atoms with E-state index < -0.39 is 80.1 Å². The van der Waals surface area contributed by atoms with Crippen LogP contribution in [0.1, 0.15) is 27.9 Å². The number of fused-ring (bicyclic) bond motifs is 3.